The van der Waals surface area contributed by atoms with Gasteiger partial charge in [0.2, 0.25) is 0 Å². The maximum atomic E-state index is 12.8. The Morgan fingerprint density at radius 2 is 1.79 bits per heavy atom. The second-order valence-corrected chi connectivity index (χ2v) is 9.39. The molecule has 0 spiro atoms. The Morgan fingerprint density at radius 1 is 1.12 bits per heavy atom. The van der Waals surface area contributed by atoms with E-state index in [4.69, 9.17) is 19.6 Å². The second-order valence-electron chi connectivity index (χ2n) is 9.39. The van der Waals surface area contributed by atoms with Crippen LogP contribution in [-0.2, 0) is 9.47 Å². The van der Waals surface area contributed by atoms with Gasteiger partial charge in [-0.25, -0.2) is 14.5 Å². The van der Waals surface area contributed by atoms with Crippen molar-refractivity contribution in [2.45, 2.75) is 53.4 Å². The molecular formula is C26H35N5O3. The van der Waals surface area contributed by atoms with E-state index in [1.165, 1.54) is 0 Å². The molecule has 8 heteroatoms. The average molecular weight is 466 g/mol. The lowest BCUT2D eigenvalue weighted by Crippen LogP contribution is -2.35. The van der Waals surface area contributed by atoms with Crippen LogP contribution < -0.4 is 4.90 Å². The Balaban J connectivity index is 1.92. The molecule has 3 aromatic heterocycles. The van der Waals surface area contributed by atoms with Gasteiger partial charge in [0.1, 0.15) is 0 Å². The number of fused-ring (bicyclic) bond motifs is 1. The molecule has 1 saturated heterocycles. The van der Waals surface area contributed by atoms with E-state index < -0.39 is 5.97 Å². The lowest BCUT2D eigenvalue weighted by Gasteiger charge is -2.34. The first kappa shape index (κ1) is 24.1. The van der Waals surface area contributed by atoms with E-state index in [1.807, 2.05) is 43.7 Å². The molecule has 4 rings (SSSR count). The number of anilines is 1. The Labute approximate surface area is 201 Å². The highest BCUT2D eigenvalue weighted by atomic mass is 16.5. The van der Waals surface area contributed by atoms with Crippen LogP contribution in [0.25, 0.3) is 16.7 Å². The van der Waals surface area contributed by atoms with Crippen molar-refractivity contribution >= 4 is 22.7 Å². The minimum absolute atomic E-state index is 0.188. The lowest BCUT2D eigenvalue weighted by molar-refractivity contribution is 0.0520. The summed E-state index contributed by atoms with van der Waals surface area (Å²) in [7, 11) is 1.76. The standard InChI is InChI=1S/C26H35N5O3/c1-7-34-26(32)21-14-22(30-10-8-19(9-11-30)15-33-6)23-24(16(2)3)29-31(25(23)28-21)20-12-17(4)27-18(5)13-20/h12-14,16,19H,7-11,15H2,1-6H3. The minimum atomic E-state index is -0.416. The number of carbonyl (C=O) groups excluding carboxylic acids is 1. The summed E-state index contributed by atoms with van der Waals surface area (Å²) in [4.78, 5) is 24.5. The number of rotatable bonds is 7. The quantitative estimate of drug-likeness (QED) is 0.472. The molecule has 0 radical (unpaired) electrons. The highest BCUT2D eigenvalue weighted by molar-refractivity contribution is 5.99. The van der Waals surface area contributed by atoms with E-state index in [0.29, 0.717) is 23.9 Å². The van der Waals surface area contributed by atoms with Crippen LogP contribution in [0.15, 0.2) is 18.2 Å². The fourth-order valence-corrected chi connectivity index (χ4v) is 4.78. The van der Waals surface area contributed by atoms with Crippen molar-refractivity contribution in [3.63, 3.8) is 0 Å². The summed E-state index contributed by atoms with van der Waals surface area (Å²) in [6.07, 6.45) is 2.08. The van der Waals surface area contributed by atoms with Crippen molar-refractivity contribution in [3.05, 3.63) is 41.0 Å². The topological polar surface area (TPSA) is 82.4 Å². The number of nitrogens with zero attached hydrogens (tertiary/aromatic N) is 5. The van der Waals surface area contributed by atoms with Gasteiger partial charge in [0.25, 0.3) is 0 Å². The molecular weight excluding hydrogens is 430 g/mol. The summed E-state index contributed by atoms with van der Waals surface area (Å²) >= 11 is 0. The fraction of sp³-hybridized carbons (Fsp3) is 0.538. The molecule has 0 atom stereocenters. The monoisotopic (exact) mass is 465 g/mol. The maximum absolute atomic E-state index is 12.8. The molecule has 34 heavy (non-hydrogen) atoms. The minimum Gasteiger partial charge on any atom is -0.461 e. The highest BCUT2D eigenvalue weighted by Gasteiger charge is 2.27. The Morgan fingerprint density at radius 3 is 2.38 bits per heavy atom. The average Bonchev–Trinajstić information content (AvgIpc) is 3.19. The zero-order chi connectivity index (χ0) is 24.4. The van der Waals surface area contributed by atoms with Crippen molar-refractivity contribution in [2.75, 3.05) is 38.3 Å². The van der Waals surface area contributed by atoms with Gasteiger partial charge in [0.05, 0.1) is 29.1 Å². The maximum Gasteiger partial charge on any atom is 0.357 e. The molecule has 0 aliphatic carbocycles. The number of aromatic nitrogens is 4. The molecule has 0 unspecified atom stereocenters. The van der Waals surface area contributed by atoms with E-state index >= 15 is 0 Å². The van der Waals surface area contributed by atoms with Gasteiger partial charge in [-0.1, -0.05) is 13.8 Å². The van der Waals surface area contributed by atoms with Gasteiger partial charge >= 0.3 is 5.97 Å². The van der Waals surface area contributed by atoms with Crippen molar-refractivity contribution in [3.8, 4) is 5.69 Å². The second kappa shape index (κ2) is 10.1. The molecule has 1 aliphatic heterocycles. The summed E-state index contributed by atoms with van der Waals surface area (Å²) in [5.41, 5.74) is 5.66. The number of ether oxygens (including phenoxy) is 2. The predicted octanol–water partition coefficient (Wildman–Crippen LogP) is 4.60. The number of hydrogen-bond donors (Lipinski definition) is 0. The van der Waals surface area contributed by atoms with E-state index in [-0.39, 0.29) is 5.92 Å². The van der Waals surface area contributed by atoms with Crippen LogP contribution in [0.1, 0.15) is 67.1 Å². The molecule has 1 aliphatic rings. The van der Waals surface area contributed by atoms with Gasteiger partial charge in [-0.15, -0.1) is 0 Å². The zero-order valence-corrected chi connectivity index (χ0v) is 21.1. The molecule has 0 N–H and O–H groups in total. The van der Waals surface area contributed by atoms with E-state index in [9.17, 15) is 4.79 Å². The number of esters is 1. The molecule has 0 saturated carbocycles. The van der Waals surface area contributed by atoms with Crippen molar-refractivity contribution in [2.24, 2.45) is 5.92 Å². The summed E-state index contributed by atoms with van der Waals surface area (Å²) in [5, 5.41) is 6.02. The molecule has 0 bridgehead atoms. The predicted molar refractivity (Wildman–Crippen MR) is 133 cm³/mol. The highest BCUT2D eigenvalue weighted by Crippen LogP contribution is 2.36. The molecule has 1 fully saturated rings. The Bertz CT molecular complexity index is 1160. The zero-order valence-electron chi connectivity index (χ0n) is 21.1. The summed E-state index contributed by atoms with van der Waals surface area (Å²) in [5.74, 6) is 0.326. The summed E-state index contributed by atoms with van der Waals surface area (Å²) in [6, 6.07) is 5.88. The smallest absolute Gasteiger partial charge is 0.357 e. The van der Waals surface area contributed by atoms with Gasteiger partial charge < -0.3 is 14.4 Å². The Kier molecular flexibility index (Phi) is 7.16. The van der Waals surface area contributed by atoms with Crippen LogP contribution >= 0.6 is 0 Å². The van der Waals surface area contributed by atoms with Crippen molar-refractivity contribution in [1.82, 2.24) is 19.7 Å². The Hall–Kier alpha value is -3.00. The molecule has 182 valence electrons. The lowest BCUT2D eigenvalue weighted by atomic mass is 9.96. The van der Waals surface area contributed by atoms with Crippen molar-refractivity contribution in [1.29, 1.82) is 0 Å². The number of aryl methyl sites for hydroxylation is 2. The van der Waals surface area contributed by atoms with Gasteiger partial charge in [-0.2, -0.15) is 5.10 Å². The van der Waals surface area contributed by atoms with Gasteiger partial charge in [0, 0.05) is 38.2 Å². The number of pyridine rings is 2. The number of hydrogen-bond acceptors (Lipinski definition) is 7. The van der Waals surface area contributed by atoms with Crippen molar-refractivity contribution < 1.29 is 14.3 Å². The first-order valence-corrected chi connectivity index (χ1v) is 12.1. The molecule has 3 aromatic rings. The van der Waals surface area contributed by atoms with Gasteiger partial charge in [-0.05, 0) is 63.6 Å². The van der Waals surface area contributed by atoms with Crippen LogP contribution in [0.2, 0.25) is 0 Å². The summed E-state index contributed by atoms with van der Waals surface area (Å²) in [6.45, 7) is 12.9. The summed E-state index contributed by atoms with van der Waals surface area (Å²) < 4.78 is 12.6. The molecule has 0 aromatic carbocycles. The third kappa shape index (κ3) is 4.78. The number of piperidine rings is 1. The van der Waals surface area contributed by atoms with Gasteiger partial charge in [-0.3, -0.25) is 4.98 Å². The number of methoxy groups -OCH3 is 1. The fourth-order valence-electron chi connectivity index (χ4n) is 4.78. The van der Waals surface area contributed by atoms with Crippen LogP contribution in [-0.4, -0.2) is 59.1 Å². The van der Waals surface area contributed by atoms with E-state index in [1.54, 1.807) is 7.11 Å². The largest absolute Gasteiger partial charge is 0.461 e. The molecule has 4 heterocycles. The molecule has 0 amide bonds. The van der Waals surface area contributed by atoms with Crippen LogP contribution in [0.4, 0.5) is 5.69 Å². The van der Waals surface area contributed by atoms with E-state index in [2.05, 4.69) is 23.7 Å². The van der Waals surface area contributed by atoms with Gasteiger partial charge in [0.15, 0.2) is 11.3 Å². The van der Waals surface area contributed by atoms with Crippen LogP contribution in [0.3, 0.4) is 0 Å². The SMILES string of the molecule is CCOC(=O)c1cc(N2CCC(COC)CC2)c2c(C(C)C)nn(-c3cc(C)nc(C)c3)c2n1. The normalized spacial score (nSPS) is 14.9. The van der Waals surface area contributed by atoms with Crippen LogP contribution in [0, 0.1) is 19.8 Å². The van der Waals surface area contributed by atoms with E-state index in [0.717, 1.165) is 66.4 Å². The first-order chi connectivity index (χ1) is 16.3. The number of carbonyl (C=O) groups is 1. The molecule has 8 nitrogen and oxygen atoms in total. The first-order valence-electron chi connectivity index (χ1n) is 12.1. The van der Waals surface area contributed by atoms with Crippen LogP contribution in [0.5, 0.6) is 0 Å². The third-order valence-corrected chi connectivity index (χ3v) is 6.34. The third-order valence-electron chi connectivity index (χ3n) is 6.34.